The first-order valence-corrected chi connectivity index (χ1v) is 10.7. The second-order valence-corrected chi connectivity index (χ2v) is 7.84. The Kier molecular flexibility index (Phi) is 6.49. The van der Waals surface area contributed by atoms with E-state index in [1.807, 2.05) is 43.3 Å². The Morgan fingerprint density at radius 2 is 1.65 bits per heavy atom. The first kappa shape index (κ1) is 22.8. The van der Waals surface area contributed by atoms with Crippen molar-refractivity contribution >= 4 is 28.5 Å². The fraction of sp³-hybridized carbons (Fsp3) is 0.192. The van der Waals surface area contributed by atoms with Crippen LogP contribution in [0.1, 0.15) is 24.4 Å². The van der Waals surface area contributed by atoms with Crippen molar-refractivity contribution in [1.29, 1.82) is 0 Å². The number of carbonyl (C=O) groups is 1. The van der Waals surface area contributed by atoms with Gasteiger partial charge in [0.15, 0.2) is 11.5 Å². The third-order valence-electron chi connectivity index (χ3n) is 5.52. The molecule has 0 saturated heterocycles. The van der Waals surface area contributed by atoms with Gasteiger partial charge in [-0.1, -0.05) is 30.3 Å². The maximum atomic E-state index is 10.8. The number of aryl methyl sites for hydroxylation is 1. The number of fused-ring (bicyclic) bond motifs is 1. The number of methoxy groups -OCH3 is 2. The molecule has 4 rings (SSSR count). The summed E-state index contributed by atoms with van der Waals surface area (Å²) in [5.74, 6) is 2.59. The van der Waals surface area contributed by atoms with Gasteiger partial charge in [0, 0.05) is 23.2 Å². The van der Waals surface area contributed by atoms with Crippen LogP contribution in [0.15, 0.2) is 60.7 Å². The Morgan fingerprint density at radius 3 is 2.32 bits per heavy atom. The van der Waals surface area contributed by atoms with Crippen LogP contribution in [-0.4, -0.2) is 35.4 Å². The summed E-state index contributed by atoms with van der Waals surface area (Å²) in [7, 11) is 3.20. The van der Waals surface area contributed by atoms with E-state index >= 15 is 0 Å². The van der Waals surface area contributed by atoms with Crippen LogP contribution in [0.25, 0.3) is 22.0 Å². The molecular formula is C26H26N4O4. The highest BCUT2D eigenvalue weighted by atomic mass is 16.5. The largest absolute Gasteiger partial charge is 0.493 e. The molecule has 8 heteroatoms. The van der Waals surface area contributed by atoms with Crippen LogP contribution >= 0.6 is 0 Å². The molecule has 1 aromatic heterocycles. The summed E-state index contributed by atoms with van der Waals surface area (Å²) in [4.78, 5) is 20.0. The molecular weight excluding hydrogens is 432 g/mol. The van der Waals surface area contributed by atoms with Crippen molar-refractivity contribution < 1.29 is 19.4 Å². The van der Waals surface area contributed by atoms with E-state index in [1.54, 1.807) is 26.4 Å². The molecule has 0 fully saturated rings. The van der Waals surface area contributed by atoms with Crippen molar-refractivity contribution in [3.63, 3.8) is 0 Å². The number of aromatic nitrogens is 2. The lowest BCUT2D eigenvalue weighted by Gasteiger charge is -2.18. The van der Waals surface area contributed by atoms with Gasteiger partial charge in [-0.2, -0.15) is 0 Å². The van der Waals surface area contributed by atoms with E-state index in [2.05, 4.69) is 39.7 Å². The molecule has 1 heterocycles. The summed E-state index contributed by atoms with van der Waals surface area (Å²) in [6.45, 7) is 3.93. The fourth-order valence-corrected chi connectivity index (χ4v) is 3.83. The van der Waals surface area contributed by atoms with E-state index in [9.17, 15) is 4.79 Å². The summed E-state index contributed by atoms with van der Waals surface area (Å²) in [5, 5.41) is 15.6. The predicted molar refractivity (Wildman–Crippen MR) is 133 cm³/mol. The number of hydrogen-bond donors (Lipinski definition) is 3. The molecule has 3 aromatic carbocycles. The molecule has 0 saturated carbocycles. The Hall–Kier alpha value is -4.33. The first-order chi connectivity index (χ1) is 16.4. The minimum Gasteiger partial charge on any atom is -0.493 e. The first-order valence-electron chi connectivity index (χ1n) is 10.7. The third-order valence-corrected chi connectivity index (χ3v) is 5.52. The van der Waals surface area contributed by atoms with Crippen molar-refractivity contribution in [2.75, 3.05) is 24.9 Å². The van der Waals surface area contributed by atoms with Crippen molar-refractivity contribution in [1.82, 2.24) is 9.97 Å². The van der Waals surface area contributed by atoms with Gasteiger partial charge in [0.2, 0.25) is 0 Å². The van der Waals surface area contributed by atoms with E-state index in [0.29, 0.717) is 28.8 Å². The average molecular weight is 459 g/mol. The molecule has 34 heavy (non-hydrogen) atoms. The normalized spacial score (nSPS) is 11.6. The lowest BCUT2D eigenvalue weighted by Crippen LogP contribution is -2.10. The van der Waals surface area contributed by atoms with Crippen LogP contribution in [0.5, 0.6) is 11.5 Å². The molecule has 174 valence electrons. The molecule has 4 aromatic rings. The lowest BCUT2D eigenvalue weighted by molar-refractivity contribution is 0.209. The summed E-state index contributed by atoms with van der Waals surface area (Å²) >= 11 is 0. The zero-order valence-electron chi connectivity index (χ0n) is 19.4. The lowest BCUT2D eigenvalue weighted by atomic mass is 10.00. The SMILES string of the molecule is COc1cc2nc(C)nc(N[C@H](C)c3cccc(-c4ccc(NC(=O)O)cc4)c3)c2cc1OC. The van der Waals surface area contributed by atoms with Crippen LogP contribution in [-0.2, 0) is 0 Å². The number of carboxylic acid groups (broad SMARTS) is 1. The summed E-state index contributed by atoms with van der Waals surface area (Å²) in [6, 6.07) is 19.2. The number of nitrogens with zero attached hydrogens (tertiary/aromatic N) is 2. The highest BCUT2D eigenvalue weighted by Gasteiger charge is 2.15. The molecule has 0 radical (unpaired) electrons. The summed E-state index contributed by atoms with van der Waals surface area (Å²) < 4.78 is 10.9. The molecule has 0 aliphatic heterocycles. The zero-order chi connectivity index (χ0) is 24.2. The number of benzene rings is 3. The molecule has 1 atom stereocenters. The molecule has 0 unspecified atom stereocenters. The van der Waals surface area contributed by atoms with Gasteiger partial charge in [0.25, 0.3) is 0 Å². The smallest absolute Gasteiger partial charge is 0.409 e. The number of amides is 1. The maximum absolute atomic E-state index is 10.8. The van der Waals surface area contributed by atoms with Gasteiger partial charge < -0.3 is 19.9 Å². The Bertz CT molecular complexity index is 1340. The van der Waals surface area contributed by atoms with Gasteiger partial charge >= 0.3 is 6.09 Å². The second-order valence-electron chi connectivity index (χ2n) is 7.84. The van der Waals surface area contributed by atoms with Crippen LogP contribution in [0.2, 0.25) is 0 Å². The highest BCUT2D eigenvalue weighted by Crippen LogP contribution is 2.35. The molecule has 1 amide bonds. The Balaban J connectivity index is 1.63. The van der Waals surface area contributed by atoms with E-state index in [1.165, 1.54) is 0 Å². The molecule has 3 N–H and O–H groups in total. The monoisotopic (exact) mass is 458 g/mol. The third kappa shape index (κ3) is 4.85. The van der Waals surface area contributed by atoms with Gasteiger partial charge in [-0.05, 0) is 54.8 Å². The topological polar surface area (TPSA) is 106 Å². The number of ether oxygens (including phenoxy) is 2. The summed E-state index contributed by atoms with van der Waals surface area (Å²) in [5.41, 5.74) is 4.40. The second kappa shape index (κ2) is 9.66. The van der Waals surface area contributed by atoms with Crippen molar-refractivity contribution in [3.05, 3.63) is 72.1 Å². The van der Waals surface area contributed by atoms with Crippen molar-refractivity contribution in [2.45, 2.75) is 19.9 Å². The van der Waals surface area contributed by atoms with Crippen LogP contribution in [0.3, 0.4) is 0 Å². The highest BCUT2D eigenvalue weighted by molar-refractivity contribution is 5.92. The predicted octanol–water partition coefficient (Wildman–Crippen LogP) is 5.89. The Labute approximate surface area is 197 Å². The van der Waals surface area contributed by atoms with Crippen LogP contribution in [0, 0.1) is 6.92 Å². The van der Waals surface area contributed by atoms with E-state index < -0.39 is 6.09 Å². The fourth-order valence-electron chi connectivity index (χ4n) is 3.83. The minimum atomic E-state index is -1.09. The number of anilines is 2. The molecule has 0 bridgehead atoms. The standard InChI is InChI=1S/C26H26N4O4/c1-15(18-6-5-7-19(12-18)17-8-10-20(11-9-17)30-26(31)32)27-25-21-13-23(33-3)24(34-4)14-22(21)28-16(2)29-25/h5-15,30H,1-4H3,(H,31,32)(H,27,28,29)/t15-/m1/s1. The van der Waals surface area contributed by atoms with E-state index in [4.69, 9.17) is 14.6 Å². The molecule has 0 aliphatic carbocycles. The van der Waals surface area contributed by atoms with Crippen LogP contribution < -0.4 is 20.1 Å². The van der Waals surface area contributed by atoms with Crippen molar-refractivity contribution in [2.24, 2.45) is 0 Å². The average Bonchev–Trinajstić information content (AvgIpc) is 2.83. The molecule has 0 aliphatic rings. The van der Waals surface area contributed by atoms with Gasteiger partial charge in [-0.15, -0.1) is 0 Å². The van der Waals surface area contributed by atoms with Gasteiger partial charge in [0.05, 0.1) is 19.7 Å². The molecule has 8 nitrogen and oxygen atoms in total. The number of hydrogen-bond acceptors (Lipinski definition) is 6. The van der Waals surface area contributed by atoms with Crippen molar-refractivity contribution in [3.8, 4) is 22.6 Å². The molecule has 0 spiro atoms. The van der Waals surface area contributed by atoms with E-state index in [0.717, 1.165) is 27.6 Å². The van der Waals surface area contributed by atoms with E-state index in [-0.39, 0.29) is 6.04 Å². The zero-order valence-corrected chi connectivity index (χ0v) is 19.4. The van der Waals surface area contributed by atoms with Gasteiger partial charge in [-0.25, -0.2) is 14.8 Å². The van der Waals surface area contributed by atoms with Crippen LogP contribution in [0.4, 0.5) is 16.3 Å². The van der Waals surface area contributed by atoms with Gasteiger partial charge in [0.1, 0.15) is 11.6 Å². The summed E-state index contributed by atoms with van der Waals surface area (Å²) in [6.07, 6.45) is -1.09. The quantitative estimate of drug-likeness (QED) is 0.317. The minimum absolute atomic E-state index is 0.0431. The maximum Gasteiger partial charge on any atom is 0.409 e. The Morgan fingerprint density at radius 1 is 0.941 bits per heavy atom. The number of nitrogens with one attached hydrogen (secondary N) is 2. The van der Waals surface area contributed by atoms with Gasteiger partial charge in [-0.3, -0.25) is 5.32 Å². The number of rotatable bonds is 7.